The van der Waals surface area contributed by atoms with E-state index >= 15 is 0 Å². The fraction of sp³-hybridized carbons (Fsp3) is 0.100. The summed E-state index contributed by atoms with van der Waals surface area (Å²) in [7, 11) is 0. The van der Waals surface area contributed by atoms with E-state index in [9.17, 15) is 14.7 Å². The highest BCUT2D eigenvalue weighted by Gasteiger charge is 2.32. The predicted octanol–water partition coefficient (Wildman–Crippen LogP) is 5.42. The molecule has 1 aliphatic rings. The summed E-state index contributed by atoms with van der Waals surface area (Å²) in [5.41, 5.74) is 2.93. The summed E-state index contributed by atoms with van der Waals surface area (Å²) in [4.78, 5) is 27.0. The summed E-state index contributed by atoms with van der Waals surface area (Å²) in [6.07, 6.45) is 0. The monoisotopic (exact) mass is 382 g/mol. The normalized spacial score (nSPS) is 11.7. The van der Waals surface area contributed by atoms with Crippen LogP contribution >= 0.6 is 23.1 Å². The van der Waals surface area contributed by atoms with Crippen LogP contribution in [0.5, 0.6) is 0 Å². The minimum absolute atomic E-state index is 0.160. The molecule has 2 heterocycles. The third kappa shape index (κ3) is 2.62. The van der Waals surface area contributed by atoms with Crippen molar-refractivity contribution in [3.8, 4) is 22.3 Å². The maximum absolute atomic E-state index is 12.6. The molecule has 130 valence electrons. The van der Waals surface area contributed by atoms with Gasteiger partial charge in [-0.05, 0) is 30.2 Å². The lowest BCUT2D eigenvalue weighted by Crippen LogP contribution is -2.04. The van der Waals surface area contributed by atoms with Gasteiger partial charge >= 0.3 is 11.9 Å². The molecule has 0 unspecified atom stereocenters. The zero-order valence-corrected chi connectivity index (χ0v) is 15.4. The lowest BCUT2D eigenvalue weighted by atomic mass is 9.94. The lowest BCUT2D eigenvalue weighted by molar-refractivity contribution is 0.0532. The Morgan fingerprint density at radius 2 is 1.46 bits per heavy atom. The molecule has 0 aliphatic carbocycles. The van der Waals surface area contributed by atoms with Crippen molar-refractivity contribution in [1.82, 2.24) is 0 Å². The fourth-order valence-corrected chi connectivity index (χ4v) is 5.23. The van der Waals surface area contributed by atoms with E-state index in [1.54, 1.807) is 18.7 Å². The first-order valence-electron chi connectivity index (χ1n) is 8.05. The second kappa shape index (κ2) is 6.63. The van der Waals surface area contributed by atoms with Crippen LogP contribution in [0, 0.1) is 0 Å². The highest BCUT2D eigenvalue weighted by Crippen LogP contribution is 2.52. The van der Waals surface area contributed by atoms with E-state index in [-0.39, 0.29) is 11.5 Å². The number of carboxylic acids is 1. The molecule has 1 aliphatic heterocycles. The van der Waals surface area contributed by atoms with Gasteiger partial charge in [0, 0.05) is 20.9 Å². The van der Waals surface area contributed by atoms with Crippen LogP contribution < -0.4 is 0 Å². The molecule has 2 aromatic carbocycles. The molecule has 4 nitrogen and oxygen atoms in total. The number of benzene rings is 2. The Bertz CT molecular complexity index is 1040. The van der Waals surface area contributed by atoms with E-state index in [1.807, 2.05) is 48.5 Å². The number of thiophene rings is 1. The smallest absolute Gasteiger partial charge is 0.348 e. The fourth-order valence-electron chi connectivity index (χ4n) is 3.08. The van der Waals surface area contributed by atoms with Crippen LogP contribution in [0.25, 0.3) is 22.3 Å². The zero-order valence-electron chi connectivity index (χ0n) is 13.8. The van der Waals surface area contributed by atoms with Gasteiger partial charge in [0.05, 0.1) is 6.61 Å². The van der Waals surface area contributed by atoms with Gasteiger partial charge in [0.15, 0.2) is 0 Å². The van der Waals surface area contributed by atoms with Crippen molar-refractivity contribution in [3.63, 3.8) is 0 Å². The zero-order chi connectivity index (χ0) is 18.3. The van der Waals surface area contributed by atoms with Gasteiger partial charge in [0.2, 0.25) is 0 Å². The molecule has 4 rings (SSSR count). The number of esters is 1. The molecule has 0 saturated heterocycles. The third-order valence-electron chi connectivity index (χ3n) is 4.10. The molecule has 0 radical (unpaired) electrons. The molecule has 0 bridgehead atoms. The van der Waals surface area contributed by atoms with Crippen LogP contribution in [0.15, 0.2) is 58.3 Å². The Morgan fingerprint density at radius 3 is 2.00 bits per heavy atom. The molecule has 1 N–H and O–H groups in total. The first kappa shape index (κ1) is 16.9. The molecular formula is C20H14O4S2. The number of ether oxygens (including phenoxy) is 1. The summed E-state index contributed by atoms with van der Waals surface area (Å²) < 4.78 is 5.20. The summed E-state index contributed by atoms with van der Waals surface area (Å²) in [5, 5.41) is 9.78. The van der Waals surface area contributed by atoms with Crippen molar-refractivity contribution in [2.75, 3.05) is 6.61 Å². The van der Waals surface area contributed by atoms with Crippen LogP contribution in [0.1, 0.15) is 26.3 Å². The number of carboxylic acid groups (broad SMARTS) is 1. The predicted molar refractivity (Wildman–Crippen MR) is 102 cm³/mol. The SMILES string of the molecule is CCOC(=O)c1sc(C(=O)O)c2c1-c1ccccc1Sc1ccccc1-2. The Labute approximate surface area is 158 Å². The topological polar surface area (TPSA) is 63.6 Å². The Morgan fingerprint density at radius 1 is 0.923 bits per heavy atom. The van der Waals surface area contributed by atoms with Crippen LogP contribution in [0.2, 0.25) is 0 Å². The largest absolute Gasteiger partial charge is 0.477 e. The number of rotatable bonds is 3. The quantitative estimate of drug-likeness (QED) is 0.479. The van der Waals surface area contributed by atoms with Gasteiger partial charge in [-0.2, -0.15) is 0 Å². The number of fused-ring (bicyclic) bond motifs is 5. The van der Waals surface area contributed by atoms with Gasteiger partial charge in [0.25, 0.3) is 0 Å². The van der Waals surface area contributed by atoms with Crippen LogP contribution in [0.4, 0.5) is 0 Å². The molecule has 0 atom stereocenters. The maximum atomic E-state index is 12.6. The van der Waals surface area contributed by atoms with Crippen molar-refractivity contribution in [2.45, 2.75) is 16.7 Å². The average molecular weight is 382 g/mol. The molecular weight excluding hydrogens is 368 g/mol. The molecule has 26 heavy (non-hydrogen) atoms. The Balaban J connectivity index is 2.13. The second-order valence-corrected chi connectivity index (χ2v) is 7.73. The molecule has 6 heteroatoms. The highest BCUT2D eigenvalue weighted by molar-refractivity contribution is 7.99. The van der Waals surface area contributed by atoms with Crippen LogP contribution in [-0.2, 0) is 4.74 Å². The Hall–Kier alpha value is -2.57. The number of carbonyl (C=O) groups is 2. The van der Waals surface area contributed by atoms with Crippen molar-refractivity contribution in [3.05, 3.63) is 58.3 Å². The third-order valence-corrected chi connectivity index (χ3v) is 6.41. The first-order chi connectivity index (χ1) is 12.6. The first-order valence-corrected chi connectivity index (χ1v) is 9.69. The van der Waals surface area contributed by atoms with E-state index in [0.29, 0.717) is 16.0 Å². The van der Waals surface area contributed by atoms with Gasteiger partial charge in [0.1, 0.15) is 9.75 Å². The molecule has 0 spiro atoms. The standard InChI is InChI=1S/C20H14O4S2/c1-2-24-20(23)18-16-12-8-4-6-10-14(12)25-13-9-5-3-7-11(13)15(16)17(26-18)19(21)22/h3-10H,2H2,1H3,(H,21,22). The highest BCUT2D eigenvalue weighted by atomic mass is 32.2. The van der Waals surface area contributed by atoms with E-state index < -0.39 is 11.9 Å². The summed E-state index contributed by atoms with van der Waals surface area (Å²) in [5.74, 6) is -1.53. The van der Waals surface area contributed by atoms with Gasteiger partial charge in [-0.25, -0.2) is 9.59 Å². The molecule has 0 fully saturated rings. The minimum atomic E-state index is -1.04. The molecule has 0 amide bonds. The van der Waals surface area contributed by atoms with Gasteiger partial charge < -0.3 is 9.84 Å². The van der Waals surface area contributed by atoms with Crippen molar-refractivity contribution in [2.24, 2.45) is 0 Å². The van der Waals surface area contributed by atoms with Crippen molar-refractivity contribution in [1.29, 1.82) is 0 Å². The number of hydrogen-bond acceptors (Lipinski definition) is 5. The minimum Gasteiger partial charge on any atom is -0.477 e. The van der Waals surface area contributed by atoms with Crippen molar-refractivity contribution < 1.29 is 19.4 Å². The second-order valence-electron chi connectivity index (χ2n) is 5.63. The molecule has 1 aromatic heterocycles. The van der Waals surface area contributed by atoms with Crippen LogP contribution in [0.3, 0.4) is 0 Å². The number of hydrogen-bond donors (Lipinski definition) is 1. The summed E-state index contributed by atoms with van der Waals surface area (Å²) in [6, 6.07) is 15.4. The number of aromatic carboxylic acids is 1. The van der Waals surface area contributed by atoms with Gasteiger partial charge in [-0.1, -0.05) is 48.2 Å². The summed E-state index contributed by atoms with van der Waals surface area (Å²) in [6.45, 7) is 1.97. The van der Waals surface area contributed by atoms with Gasteiger partial charge in [-0.15, -0.1) is 11.3 Å². The summed E-state index contributed by atoms with van der Waals surface area (Å²) >= 11 is 2.56. The van der Waals surface area contributed by atoms with Crippen LogP contribution in [-0.4, -0.2) is 23.7 Å². The lowest BCUT2D eigenvalue weighted by Gasteiger charge is -2.08. The average Bonchev–Trinajstić information content (AvgIpc) is 2.97. The van der Waals surface area contributed by atoms with E-state index in [0.717, 1.165) is 32.3 Å². The van der Waals surface area contributed by atoms with E-state index in [4.69, 9.17) is 4.74 Å². The molecule has 3 aromatic rings. The maximum Gasteiger partial charge on any atom is 0.348 e. The Kier molecular flexibility index (Phi) is 4.30. The van der Waals surface area contributed by atoms with Gasteiger partial charge in [-0.3, -0.25) is 0 Å². The van der Waals surface area contributed by atoms with E-state index in [1.165, 1.54) is 0 Å². The van der Waals surface area contributed by atoms with Crippen molar-refractivity contribution >= 4 is 35.0 Å². The van der Waals surface area contributed by atoms with E-state index in [2.05, 4.69) is 0 Å². The number of carbonyl (C=O) groups excluding carboxylic acids is 1. The molecule has 0 saturated carbocycles.